The molecule has 156 valence electrons. The van der Waals surface area contributed by atoms with Crippen molar-refractivity contribution in [2.75, 3.05) is 20.3 Å². The van der Waals surface area contributed by atoms with E-state index in [9.17, 15) is 9.59 Å². The van der Waals surface area contributed by atoms with Crippen LogP contribution in [0.4, 0.5) is 0 Å². The maximum atomic E-state index is 13.2. The third-order valence-electron chi connectivity index (χ3n) is 5.03. The summed E-state index contributed by atoms with van der Waals surface area (Å²) < 4.78 is 27.4. The van der Waals surface area contributed by atoms with Crippen molar-refractivity contribution in [2.24, 2.45) is 0 Å². The Morgan fingerprint density at radius 3 is 2.63 bits per heavy atom. The van der Waals surface area contributed by atoms with E-state index in [0.29, 0.717) is 59.0 Å². The molecule has 30 heavy (non-hydrogen) atoms. The molecule has 0 radical (unpaired) electrons. The highest BCUT2D eigenvalue weighted by molar-refractivity contribution is 5.84. The lowest BCUT2D eigenvalue weighted by Crippen LogP contribution is -2.25. The predicted octanol–water partition coefficient (Wildman–Crippen LogP) is 3.73. The lowest BCUT2D eigenvalue weighted by atomic mass is 10.0. The number of hydrogen-bond donors (Lipinski definition) is 0. The lowest BCUT2D eigenvalue weighted by Gasteiger charge is -2.19. The second-order valence-electron chi connectivity index (χ2n) is 6.93. The number of fused-ring (bicyclic) bond motifs is 2. The molecular weight excluding hydrogens is 388 g/mol. The zero-order chi connectivity index (χ0) is 21.3. The molecule has 3 aromatic rings. The molecule has 0 N–H and O–H groups in total. The Morgan fingerprint density at radius 2 is 1.90 bits per heavy atom. The second-order valence-corrected chi connectivity index (χ2v) is 6.93. The molecule has 0 bridgehead atoms. The van der Waals surface area contributed by atoms with E-state index in [0.717, 1.165) is 5.56 Å². The van der Waals surface area contributed by atoms with Crippen LogP contribution in [-0.2, 0) is 16.0 Å². The van der Waals surface area contributed by atoms with Crippen LogP contribution in [-0.4, -0.2) is 32.4 Å². The van der Waals surface area contributed by atoms with Crippen LogP contribution in [0.25, 0.3) is 22.1 Å². The van der Waals surface area contributed by atoms with Crippen molar-refractivity contribution in [3.8, 4) is 28.4 Å². The molecule has 7 heteroatoms. The highest BCUT2D eigenvalue weighted by Gasteiger charge is 2.20. The SMILES string of the molecule is CCc1cc2c(=O)c(-c3ccc4c(c3)OCCO4)coc2cc1O[C@@H](C)C(=O)OC. The second kappa shape index (κ2) is 8.10. The Hall–Kier alpha value is -3.48. The van der Waals surface area contributed by atoms with E-state index in [-0.39, 0.29) is 5.43 Å². The molecule has 0 aliphatic carbocycles. The minimum absolute atomic E-state index is 0.157. The molecule has 0 amide bonds. The number of ether oxygens (including phenoxy) is 4. The summed E-state index contributed by atoms with van der Waals surface area (Å²) in [7, 11) is 1.31. The molecule has 1 atom stereocenters. The molecule has 7 nitrogen and oxygen atoms in total. The van der Waals surface area contributed by atoms with Gasteiger partial charge in [-0.25, -0.2) is 4.79 Å². The van der Waals surface area contributed by atoms with Crippen molar-refractivity contribution in [1.29, 1.82) is 0 Å². The summed E-state index contributed by atoms with van der Waals surface area (Å²) in [5, 5.41) is 0.442. The number of carbonyl (C=O) groups is 1. The zero-order valence-electron chi connectivity index (χ0n) is 17.0. The normalized spacial score (nSPS) is 13.7. The van der Waals surface area contributed by atoms with E-state index in [4.69, 9.17) is 23.4 Å². The molecule has 1 aromatic heterocycles. The third-order valence-corrected chi connectivity index (χ3v) is 5.03. The van der Waals surface area contributed by atoms with Gasteiger partial charge in [-0.05, 0) is 42.7 Å². The predicted molar refractivity (Wildman–Crippen MR) is 110 cm³/mol. The Kier molecular flexibility index (Phi) is 5.35. The number of carbonyl (C=O) groups excluding carboxylic acids is 1. The van der Waals surface area contributed by atoms with Crippen LogP contribution >= 0.6 is 0 Å². The van der Waals surface area contributed by atoms with Gasteiger partial charge in [0.15, 0.2) is 17.6 Å². The van der Waals surface area contributed by atoms with Gasteiger partial charge in [0.05, 0.1) is 18.1 Å². The van der Waals surface area contributed by atoms with Gasteiger partial charge >= 0.3 is 5.97 Å². The van der Waals surface area contributed by atoms with Crippen LogP contribution in [0, 0.1) is 0 Å². The van der Waals surface area contributed by atoms with Gasteiger partial charge in [-0.1, -0.05) is 13.0 Å². The molecule has 2 heterocycles. The quantitative estimate of drug-likeness (QED) is 0.593. The largest absolute Gasteiger partial charge is 0.486 e. The lowest BCUT2D eigenvalue weighted by molar-refractivity contribution is -0.147. The molecule has 0 spiro atoms. The van der Waals surface area contributed by atoms with E-state index in [1.54, 1.807) is 31.2 Å². The van der Waals surface area contributed by atoms with Crippen LogP contribution < -0.4 is 19.6 Å². The highest BCUT2D eigenvalue weighted by Crippen LogP contribution is 2.34. The molecule has 0 saturated carbocycles. The third kappa shape index (κ3) is 3.58. The molecule has 2 aromatic carbocycles. The first-order chi connectivity index (χ1) is 14.5. The number of benzene rings is 2. The molecular formula is C23H22O7. The first-order valence-electron chi connectivity index (χ1n) is 9.74. The molecule has 0 unspecified atom stereocenters. The topological polar surface area (TPSA) is 84.2 Å². The van der Waals surface area contributed by atoms with Crippen LogP contribution in [0.1, 0.15) is 19.4 Å². The average Bonchev–Trinajstić information content (AvgIpc) is 2.78. The van der Waals surface area contributed by atoms with Gasteiger partial charge in [0.25, 0.3) is 0 Å². The summed E-state index contributed by atoms with van der Waals surface area (Å²) in [5.74, 6) is 1.27. The van der Waals surface area contributed by atoms with E-state index in [2.05, 4.69) is 0 Å². The van der Waals surface area contributed by atoms with Gasteiger partial charge in [-0.15, -0.1) is 0 Å². The maximum Gasteiger partial charge on any atom is 0.346 e. The van der Waals surface area contributed by atoms with Gasteiger partial charge in [0.1, 0.15) is 30.8 Å². The average molecular weight is 410 g/mol. The monoisotopic (exact) mass is 410 g/mol. The number of esters is 1. The molecule has 0 saturated heterocycles. The fraction of sp³-hybridized carbons (Fsp3) is 0.304. The maximum absolute atomic E-state index is 13.2. The van der Waals surface area contributed by atoms with Crippen LogP contribution in [0.2, 0.25) is 0 Å². The Morgan fingerprint density at radius 1 is 1.13 bits per heavy atom. The van der Waals surface area contributed by atoms with Crippen LogP contribution in [0.3, 0.4) is 0 Å². The molecule has 1 aliphatic rings. The number of hydrogen-bond acceptors (Lipinski definition) is 7. The van der Waals surface area contributed by atoms with Crippen LogP contribution in [0.5, 0.6) is 17.2 Å². The van der Waals surface area contributed by atoms with Crippen molar-refractivity contribution < 1.29 is 28.2 Å². The van der Waals surface area contributed by atoms with Gasteiger partial charge < -0.3 is 23.4 Å². The number of rotatable bonds is 5. The van der Waals surface area contributed by atoms with E-state index >= 15 is 0 Å². The van der Waals surface area contributed by atoms with Gasteiger partial charge in [0.2, 0.25) is 5.43 Å². The Balaban J connectivity index is 1.77. The van der Waals surface area contributed by atoms with Crippen LogP contribution in [0.15, 0.2) is 45.8 Å². The van der Waals surface area contributed by atoms with Gasteiger partial charge in [0, 0.05) is 6.07 Å². The fourth-order valence-electron chi connectivity index (χ4n) is 3.40. The smallest absolute Gasteiger partial charge is 0.346 e. The number of methoxy groups -OCH3 is 1. The number of aryl methyl sites for hydroxylation is 1. The van der Waals surface area contributed by atoms with Gasteiger partial charge in [-0.2, -0.15) is 0 Å². The summed E-state index contributed by atoms with van der Waals surface area (Å²) in [5.41, 5.74) is 2.14. The molecule has 1 aliphatic heterocycles. The Labute approximate surface area is 173 Å². The van der Waals surface area contributed by atoms with Crippen molar-refractivity contribution in [1.82, 2.24) is 0 Å². The van der Waals surface area contributed by atoms with E-state index in [1.165, 1.54) is 13.4 Å². The standard InChI is InChI=1S/C23H22O7/c1-4-14-9-16-20(11-19(14)30-13(2)23(25)26-3)29-12-17(22(16)24)15-5-6-18-21(10-15)28-8-7-27-18/h5-6,9-13H,4,7-8H2,1-3H3/t13-/m0/s1. The molecule has 0 fully saturated rings. The van der Waals surface area contributed by atoms with Gasteiger partial charge in [-0.3, -0.25) is 4.79 Å². The van der Waals surface area contributed by atoms with E-state index in [1.807, 2.05) is 13.0 Å². The first kappa shape index (κ1) is 19.8. The zero-order valence-corrected chi connectivity index (χ0v) is 17.0. The summed E-state index contributed by atoms with van der Waals surface area (Å²) >= 11 is 0. The minimum atomic E-state index is -0.776. The fourth-order valence-corrected chi connectivity index (χ4v) is 3.40. The minimum Gasteiger partial charge on any atom is -0.486 e. The summed E-state index contributed by atoms with van der Waals surface area (Å²) in [4.78, 5) is 24.9. The van der Waals surface area contributed by atoms with Crippen molar-refractivity contribution in [2.45, 2.75) is 26.4 Å². The summed E-state index contributed by atoms with van der Waals surface area (Å²) in [6, 6.07) is 8.77. The molecule has 4 rings (SSSR count). The van der Waals surface area contributed by atoms with Crippen molar-refractivity contribution in [3.05, 3.63) is 52.4 Å². The summed E-state index contributed by atoms with van der Waals surface area (Å²) in [6.45, 7) is 4.53. The van der Waals surface area contributed by atoms with Crippen molar-refractivity contribution in [3.63, 3.8) is 0 Å². The highest BCUT2D eigenvalue weighted by atomic mass is 16.6. The Bertz CT molecular complexity index is 1160. The van der Waals surface area contributed by atoms with E-state index < -0.39 is 12.1 Å². The first-order valence-corrected chi connectivity index (χ1v) is 9.74. The van der Waals surface area contributed by atoms with Crippen molar-refractivity contribution >= 4 is 16.9 Å². The summed E-state index contributed by atoms with van der Waals surface area (Å²) in [6.07, 6.45) is 1.27.